The van der Waals surface area contributed by atoms with Crippen molar-refractivity contribution in [1.29, 1.82) is 0 Å². The summed E-state index contributed by atoms with van der Waals surface area (Å²) in [5.74, 6) is 0. The molecule has 7 heteroatoms. The van der Waals surface area contributed by atoms with Gasteiger partial charge in [0.25, 0.3) is 0 Å². The number of hydrogen-bond donors (Lipinski definition) is 3. The number of carbonyl (C=O) groups is 1. The molecule has 0 aliphatic carbocycles. The van der Waals surface area contributed by atoms with Crippen LogP contribution in [0.2, 0.25) is 0 Å². The summed E-state index contributed by atoms with van der Waals surface area (Å²) in [5, 5.41) is 8.72. The number of rotatable bonds is 5. The molecule has 0 atom stereocenters. The highest BCUT2D eigenvalue weighted by molar-refractivity contribution is 6.01. The smallest absolute Gasteiger partial charge is 0.362 e. The van der Waals surface area contributed by atoms with Crippen LogP contribution in [0.3, 0.4) is 0 Å². The standard InChI is InChI=1S/C14H17N3O4/c1-15-11-9-5-3-4-6-10(9)21-13(18)12(11)17-14(19)16-7-8-20-2/h3-6,15H,7-8H2,1-2H3,(H2,16,17,19). The van der Waals surface area contributed by atoms with Crippen molar-refractivity contribution in [2.24, 2.45) is 0 Å². The molecule has 7 nitrogen and oxygen atoms in total. The summed E-state index contributed by atoms with van der Waals surface area (Å²) in [6, 6.07) is 6.60. The van der Waals surface area contributed by atoms with Gasteiger partial charge in [-0.05, 0) is 12.1 Å². The van der Waals surface area contributed by atoms with Gasteiger partial charge in [-0.1, -0.05) is 12.1 Å². The molecule has 2 amide bonds. The van der Waals surface area contributed by atoms with Gasteiger partial charge in [0.15, 0.2) is 5.69 Å². The number of para-hydroxylation sites is 1. The second-order valence-corrected chi connectivity index (χ2v) is 4.26. The third-order valence-electron chi connectivity index (χ3n) is 2.89. The quantitative estimate of drug-likeness (QED) is 0.575. The van der Waals surface area contributed by atoms with Crippen molar-refractivity contribution >= 4 is 28.4 Å². The van der Waals surface area contributed by atoms with Crippen molar-refractivity contribution in [2.75, 3.05) is 37.9 Å². The third kappa shape index (κ3) is 3.32. The van der Waals surface area contributed by atoms with Gasteiger partial charge in [0, 0.05) is 26.1 Å². The van der Waals surface area contributed by atoms with E-state index in [2.05, 4.69) is 16.0 Å². The molecule has 0 aliphatic rings. The first kappa shape index (κ1) is 14.9. The van der Waals surface area contributed by atoms with Crippen molar-refractivity contribution in [2.45, 2.75) is 0 Å². The summed E-state index contributed by atoms with van der Waals surface area (Å²) >= 11 is 0. The summed E-state index contributed by atoms with van der Waals surface area (Å²) in [5.41, 5.74) is 0.437. The van der Waals surface area contributed by atoms with E-state index < -0.39 is 11.7 Å². The zero-order valence-corrected chi connectivity index (χ0v) is 11.9. The molecule has 3 N–H and O–H groups in total. The molecule has 21 heavy (non-hydrogen) atoms. The molecular formula is C14H17N3O4. The van der Waals surface area contributed by atoms with Gasteiger partial charge < -0.3 is 19.8 Å². The van der Waals surface area contributed by atoms with Crippen molar-refractivity contribution in [3.05, 3.63) is 34.7 Å². The molecule has 0 radical (unpaired) electrons. The largest absolute Gasteiger partial charge is 0.421 e. The number of hydrogen-bond acceptors (Lipinski definition) is 5. The third-order valence-corrected chi connectivity index (χ3v) is 2.89. The predicted molar refractivity (Wildman–Crippen MR) is 80.9 cm³/mol. The van der Waals surface area contributed by atoms with Crippen LogP contribution in [-0.2, 0) is 4.74 Å². The SMILES string of the molecule is CNc1c(NC(=O)NCCOC)c(=O)oc2ccccc12. The minimum Gasteiger partial charge on any atom is -0.421 e. The number of fused-ring (bicyclic) bond motifs is 1. The van der Waals surface area contributed by atoms with Gasteiger partial charge in [0.05, 0.1) is 12.3 Å². The van der Waals surface area contributed by atoms with E-state index in [1.54, 1.807) is 25.2 Å². The number of nitrogens with one attached hydrogen (secondary N) is 3. The highest BCUT2D eigenvalue weighted by Crippen LogP contribution is 2.27. The molecule has 0 unspecified atom stereocenters. The lowest BCUT2D eigenvalue weighted by Crippen LogP contribution is -2.33. The van der Waals surface area contributed by atoms with E-state index in [1.807, 2.05) is 6.07 Å². The zero-order chi connectivity index (χ0) is 15.2. The summed E-state index contributed by atoms with van der Waals surface area (Å²) in [4.78, 5) is 23.8. The number of methoxy groups -OCH3 is 1. The topological polar surface area (TPSA) is 92.6 Å². The molecule has 0 bridgehead atoms. The van der Waals surface area contributed by atoms with Crippen LogP contribution in [0.4, 0.5) is 16.2 Å². The Hall–Kier alpha value is -2.54. The molecular weight excluding hydrogens is 274 g/mol. The minimum absolute atomic E-state index is 0.0751. The molecule has 1 aromatic heterocycles. The zero-order valence-electron chi connectivity index (χ0n) is 11.9. The molecule has 1 heterocycles. The van der Waals surface area contributed by atoms with Gasteiger partial charge >= 0.3 is 11.7 Å². The Morgan fingerprint density at radius 1 is 1.29 bits per heavy atom. The van der Waals surface area contributed by atoms with Crippen molar-refractivity contribution < 1.29 is 13.9 Å². The molecule has 2 aromatic rings. The van der Waals surface area contributed by atoms with E-state index in [1.165, 1.54) is 7.11 Å². The maximum atomic E-state index is 12.0. The Bertz CT molecular complexity index is 696. The predicted octanol–water partition coefficient (Wildman–Crippen LogP) is 1.60. The summed E-state index contributed by atoms with van der Waals surface area (Å²) < 4.78 is 10.0. The van der Waals surface area contributed by atoms with E-state index >= 15 is 0 Å². The van der Waals surface area contributed by atoms with Crippen molar-refractivity contribution in [3.8, 4) is 0 Å². The van der Waals surface area contributed by atoms with Gasteiger partial charge in [0.1, 0.15) is 5.58 Å². The Kier molecular flexibility index (Phi) is 4.78. The lowest BCUT2D eigenvalue weighted by atomic mass is 10.2. The van der Waals surface area contributed by atoms with Crippen LogP contribution >= 0.6 is 0 Å². The van der Waals surface area contributed by atoms with Crippen LogP contribution in [0.1, 0.15) is 0 Å². The van der Waals surface area contributed by atoms with Crippen LogP contribution in [-0.4, -0.2) is 33.3 Å². The maximum absolute atomic E-state index is 12.0. The number of anilines is 2. The van der Waals surface area contributed by atoms with Gasteiger partial charge in [-0.25, -0.2) is 9.59 Å². The molecule has 0 saturated carbocycles. The van der Waals surface area contributed by atoms with E-state index in [0.29, 0.717) is 29.8 Å². The van der Waals surface area contributed by atoms with Crippen LogP contribution in [0, 0.1) is 0 Å². The molecule has 1 aromatic carbocycles. The van der Waals surface area contributed by atoms with Crippen LogP contribution in [0.5, 0.6) is 0 Å². The summed E-state index contributed by atoms with van der Waals surface area (Å²) in [7, 11) is 3.21. The first-order chi connectivity index (χ1) is 10.2. The van der Waals surface area contributed by atoms with E-state index in [9.17, 15) is 9.59 Å². The van der Waals surface area contributed by atoms with Gasteiger partial charge in [-0.15, -0.1) is 0 Å². The second kappa shape index (κ2) is 6.76. The van der Waals surface area contributed by atoms with Gasteiger partial charge in [-0.2, -0.15) is 0 Å². The Morgan fingerprint density at radius 2 is 2.05 bits per heavy atom. The lowest BCUT2D eigenvalue weighted by Gasteiger charge is -2.12. The number of ether oxygens (including phenoxy) is 1. The highest BCUT2D eigenvalue weighted by atomic mass is 16.5. The minimum atomic E-state index is -0.611. The fourth-order valence-electron chi connectivity index (χ4n) is 1.95. The molecule has 0 spiro atoms. The molecule has 0 aliphatic heterocycles. The van der Waals surface area contributed by atoms with E-state index in [-0.39, 0.29) is 5.69 Å². The Labute approximate surface area is 121 Å². The second-order valence-electron chi connectivity index (χ2n) is 4.26. The Morgan fingerprint density at radius 3 is 2.76 bits per heavy atom. The molecule has 0 fully saturated rings. The fraction of sp³-hybridized carbons (Fsp3) is 0.286. The van der Waals surface area contributed by atoms with Crippen molar-refractivity contribution in [1.82, 2.24) is 5.32 Å². The average Bonchev–Trinajstić information content (AvgIpc) is 2.48. The number of amides is 2. The normalized spacial score (nSPS) is 10.4. The van der Waals surface area contributed by atoms with Crippen LogP contribution in [0.15, 0.2) is 33.5 Å². The lowest BCUT2D eigenvalue weighted by molar-refractivity contribution is 0.198. The van der Waals surface area contributed by atoms with Crippen molar-refractivity contribution in [3.63, 3.8) is 0 Å². The van der Waals surface area contributed by atoms with E-state index in [4.69, 9.17) is 9.15 Å². The number of benzene rings is 1. The highest BCUT2D eigenvalue weighted by Gasteiger charge is 2.15. The fourth-order valence-corrected chi connectivity index (χ4v) is 1.95. The van der Waals surface area contributed by atoms with E-state index in [0.717, 1.165) is 0 Å². The molecule has 0 saturated heterocycles. The van der Waals surface area contributed by atoms with Crippen LogP contribution in [0.25, 0.3) is 11.0 Å². The Balaban J connectivity index is 2.32. The molecule has 112 valence electrons. The molecule has 2 rings (SSSR count). The van der Waals surface area contributed by atoms with Crippen LogP contribution < -0.4 is 21.6 Å². The monoisotopic (exact) mass is 291 g/mol. The summed E-state index contributed by atoms with van der Waals surface area (Å²) in [6.45, 7) is 0.731. The first-order valence-corrected chi connectivity index (χ1v) is 6.44. The van der Waals surface area contributed by atoms with Gasteiger partial charge in [0.2, 0.25) is 0 Å². The first-order valence-electron chi connectivity index (χ1n) is 6.44. The number of carbonyl (C=O) groups excluding carboxylic acids is 1. The maximum Gasteiger partial charge on any atom is 0.362 e. The van der Waals surface area contributed by atoms with Gasteiger partial charge in [-0.3, -0.25) is 5.32 Å². The number of urea groups is 1. The summed E-state index contributed by atoms with van der Waals surface area (Å²) in [6.07, 6.45) is 0. The average molecular weight is 291 g/mol.